The molecular formula is C19H17NO5S. The van der Waals surface area contributed by atoms with Crippen LogP contribution in [0.2, 0.25) is 0 Å². The number of carbonyl (C=O) groups is 1. The van der Waals surface area contributed by atoms with Gasteiger partial charge in [0.15, 0.2) is 23.0 Å². The first-order chi connectivity index (χ1) is 12.8. The lowest BCUT2D eigenvalue weighted by Gasteiger charge is -2.25. The van der Waals surface area contributed by atoms with Crippen molar-refractivity contribution in [1.29, 1.82) is 0 Å². The maximum Gasteiger partial charge on any atom is 0.233 e. The van der Waals surface area contributed by atoms with E-state index in [1.165, 1.54) is 0 Å². The van der Waals surface area contributed by atoms with Crippen molar-refractivity contribution < 1.29 is 23.7 Å². The van der Waals surface area contributed by atoms with E-state index in [4.69, 9.17) is 18.9 Å². The second-order valence-electron chi connectivity index (χ2n) is 6.27. The molecule has 5 rings (SSSR count). The summed E-state index contributed by atoms with van der Waals surface area (Å²) in [5.41, 5.74) is 2.12. The van der Waals surface area contributed by atoms with Crippen LogP contribution in [0, 0.1) is 0 Å². The highest BCUT2D eigenvalue weighted by Gasteiger charge is 2.36. The number of para-hydroxylation sites is 1. The van der Waals surface area contributed by atoms with Crippen LogP contribution in [-0.2, 0) is 11.2 Å². The lowest BCUT2D eigenvalue weighted by Crippen LogP contribution is -2.30. The summed E-state index contributed by atoms with van der Waals surface area (Å²) < 4.78 is 21.9. The van der Waals surface area contributed by atoms with E-state index in [0.717, 1.165) is 40.5 Å². The minimum Gasteiger partial charge on any atom is -0.454 e. The average molecular weight is 371 g/mol. The summed E-state index contributed by atoms with van der Waals surface area (Å²) in [7, 11) is 0. The fraction of sp³-hybridized carbons (Fsp3) is 0.316. The van der Waals surface area contributed by atoms with Crippen LogP contribution in [0.25, 0.3) is 0 Å². The van der Waals surface area contributed by atoms with Gasteiger partial charge in [-0.3, -0.25) is 4.79 Å². The molecule has 3 aliphatic rings. The molecule has 26 heavy (non-hydrogen) atoms. The molecule has 0 spiro atoms. The predicted octanol–water partition coefficient (Wildman–Crippen LogP) is 2.96. The van der Waals surface area contributed by atoms with Crippen molar-refractivity contribution in [1.82, 2.24) is 4.90 Å². The van der Waals surface area contributed by atoms with Crippen molar-refractivity contribution in [3.8, 4) is 23.0 Å². The highest BCUT2D eigenvalue weighted by molar-refractivity contribution is 8.00. The Kier molecular flexibility index (Phi) is 3.81. The molecule has 0 bridgehead atoms. The summed E-state index contributed by atoms with van der Waals surface area (Å²) in [4.78, 5) is 14.4. The van der Waals surface area contributed by atoms with Gasteiger partial charge in [0.2, 0.25) is 19.5 Å². The Hall–Kier alpha value is -2.54. The number of carbonyl (C=O) groups excluding carboxylic acids is 1. The minimum atomic E-state index is -0.0480. The monoisotopic (exact) mass is 371 g/mol. The Balaban J connectivity index is 1.36. The largest absolute Gasteiger partial charge is 0.454 e. The number of hydrogen-bond acceptors (Lipinski definition) is 6. The van der Waals surface area contributed by atoms with E-state index >= 15 is 0 Å². The van der Waals surface area contributed by atoms with Gasteiger partial charge in [-0.05, 0) is 30.2 Å². The van der Waals surface area contributed by atoms with Gasteiger partial charge in [0.1, 0.15) is 5.37 Å². The summed E-state index contributed by atoms with van der Waals surface area (Å²) in [6, 6.07) is 11.8. The van der Waals surface area contributed by atoms with Gasteiger partial charge in [-0.25, -0.2) is 0 Å². The van der Waals surface area contributed by atoms with Gasteiger partial charge in [-0.2, -0.15) is 0 Å². The first kappa shape index (κ1) is 15.7. The summed E-state index contributed by atoms with van der Waals surface area (Å²) in [5.74, 6) is 3.68. The minimum absolute atomic E-state index is 0.0480. The first-order valence-electron chi connectivity index (χ1n) is 8.48. The Bertz CT molecular complexity index is 871. The molecule has 0 N–H and O–H groups in total. The van der Waals surface area contributed by atoms with Crippen LogP contribution >= 0.6 is 11.8 Å². The van der Waals surface area contributed by atoms with Gasteiger partial charge in [0, 0.05) is 12.1 Å². The normalized spacial score (nSPS) is 20.1. The summed E-state index contributed by atoms with van der Waals surface area (Å²) >= 11 is 1.63. The van der Waals surface area contributed by atoms with Crippen molar-refractivity contribution in [3.05, 3.63) is 47.5 Å². The van der Waals surface area contributed by atoms with Gasteiger partial charge in [0.25, 0.3) is 0 Å². The molecule has 6 nitrogen and oxygen atoms in total. The topological polar surface area (TPSA) is 57.2 Å². The van der Waals surface area contributed by atoms with Crippen LogP contribution in [0.5, 0.6) is 23.0 Å². The molecule has 0 aliphatic carbocycles. The molecule has 0 aromatic heterocycles. The zero-order chi connectivity index (χ0) is 17.5. The molecule has 0 saturated carbocycles. The van der Waals surface area contributed by atoms with Crippen LogP contribution in [0.3, 0.4) is 0 Å². The molecule has 3 aliphatic heterocycles. The Morgan fingerprint density at radius 1 is 1.00 bits per heavy atom. The number of rotatable bonds is 4. The van der Waals surface area contributed by atoms with Crippen molar-refractivity contribution in [2.45, 2.75) is 11.8 Å². The van der Waals surface area contributed by atoms with E-state index in [1.54, 1.807) is 11.8 Å². The molecule has 1 saturated heterocycles. The molecule has 1 amide bonds. The Morgan fingerprint density at radius 2 is 1.85 bits per heavy atom. The highest BCUT2D eigenvalue weighted by atomic mass is 32.2. The molecule has 3 heterocycles. The third kappa shape index (κ3) is 2.63. The second-order valence-corrected chi connectivity index (χ2v) is 7.34. The van der Waals surface area contributed by atoms with Gasteiger partial charge >= 0.3 is 0 Å². The van der Waals surface area contributed by atoms with Crippen LogP contribution in [0.15, 0.2) is 36.4 Å². The summed E-state index contributed by atoms with van der Waals surface area (Å²) in [6.07, 6.45) is 0.756. The third-order valence-corrected chi connectivity index (χ3v) is 5.98. The van der Waals surface area contributed by atoms with Gasteiger partial charge < -0.3 is 23.8 Å². The number of hydrogen-bond donors (Lipinski definition) is 0. The van der Waals surface area contributed by atoms with Crippen molar-refractivity contribution in [2.24, 2.45) is 0 Å². The van der Waals surface area contributed by atoms with E-state index < -0.39 is 0 Å². The fourth-order valence-electron chi connectivity index (χ4n) is 3.45. The number of ether oxygens (including phenoxy) is 4. The van der Waals surface area contributed by atoms with E-state index in [9.17, 15) is 4.79 Å². The smallest absolute Gasteiger partial charge is 0.233 e. The standard InChI is InChI=1S/C19H17NO5S/c21-17-9-26-19(13-2-1-3-15-18(13)25-11-23-15)20(17)7-6-12-4-5-14-16(8-12)24-10-22-14/h1-5,8,19H,6-7,9-11H2. The molecule has 0 radical (unpaired) electrons. The van der Waals surface area contributed by atoms with Gasteiger partial charge in [-0.1, -0.05) is 18.2 Å². The first-order valence-corrected chi connectivity index (χ1v) is 9.52. The molecule has 134 valence electrons. The van der Waals surface area contributed by atoms with E-state index in [0.29, 0.717) is 12.3 Å². The molecule has 2 aromatic carbocycles. The van der Waals surface area contributed by atoms with Gasteiger partial charge in [0.05, 0.1) is 5.75 Å². The Labute approximate surface area is 155 Å². The SMILES string of the molecule is O=C1CSC(c2cccc3c2OCO3)N1CCc1ccc2c(c1)OCO2. The predicted molar refractivity (Wildman–Crippen MR) is 95.7 cm³/mol. The lowest BCUT2D eigenvalue weighted by atomic mass is 10.1. The fourth-order valence-corrected chi connectivity index (χ4v) is 4.68. The van der Waals surface area contributed by atoms with Crippen LogP contribution in [-0.4, -0.2) is 36.7 Å². The Morgan fingerprint density at radius 3 is 2.81 bits per heavy atom. The molecule has 1 atom stereocenters. The molecule has 1 fully saturated rings. The summed E-state index contributed by atoms with van der Waals surface area (Å²) in [6.45, 7) is 1.14. The van der Waals surface area contributed by atoms with E-state index in [2.05, 4.69) is 0 Å². The highest BCUT2D eigenvalue weighted by Crippen LogP contribution is 2.47. The number of benzene rings is 2. The molecule has 2 aromatic rings. The molecular weight excluding hydrogens is 354 g/mol. The maximum atomic E-state index is 12.5. The zero-order valence-electron chi connectivity index (χ0n) is 14.0. The van der Waals surface area contributed by atoms with Crippen molar-refractivity contribution in [2.75, 3.05) is 25.9 Å². The summed E-state index contributed by atoms with van der Waals surface area (Å²) in [5, 5.41) is -0.0480. The van der Waals surface area contributed by atoms with Crippen LogP contribution in [0.4, 0.5) is 0 Å². The van der Waals surface area contributed by atoms with Crippen molar-refractivity contribution >= 4 is 17.7 Å². The van der Waals surface area contributed by atoms with Crippen LogP contribution in [0.1, 0.15) is 16.5 Å². The van der Waals surface area contributed by atoms with E-state index in [1.807, 2.05) is 41.3 Å². The quantitative estimate of drug-likeness (QED) is 0.824. The number of nitrogens with zero attached hydrogens (tertiary/aromatic N) is 1. The van der Waals surface area contributed by atoms with Crippen LogP contribution < -0.4 is 18.9 Å². The van der Waals surface area contributed by atoms with E-state index in [-0.39, 0.29) is 24.9 Å². The van der Waals surface area contributed by atoms with Crippen molar-refractivity contribution in [3.63, 3.8) is 0 Å². The molecule has 1 unspecified atom stereocenters. The zero-order valence-corrected chi connectivity index (χ0v) is 14.8. The van der Waals surface area contributed by atoms with Gasteiger partial charge in [-0.15, -0.1) is 11.8 Å². The number of fused-ring (bicyclic) bond motifs is 2. The second kappa shape index (κ2) is 6.32. The maximum absolute atomic E-state index is 12.5. The third-order valence-electron chi connectivity index (χ3n) is 4.74. The molecule has 7 heteroatoms. The number of amides is 1. The number of thioether (sulfide) groups is 1. The lowest BCUT2D eigenvalue weighted by molar-refractivity contribution is -0.128. The average Bonchev–Trinajstić information content (AvgIpc) is 3.38.